The van der Waals surface area contributed by atoms with Gasteiger partial charge in [0.05, 0.1) is 12.1 Å². The third-order valence-electron chi connectivity index (χ3n) is 5.93. The van der Waals surface area contributed by atoms with E-state index in [1.54, 1.807) is 6.20 Å². The molecule has 9 heteroatoms. The third-order valence-corrected chi connectivity index (χ3v) is 5.93. The SMILES string of the molecule is CCN1CCN(C(=O)Nc2ccn(C3CCN(C)CC3)n2)CC1c1ncc[nH]1. The molecule has 2 amide bonds. The summed E-state index contributed by atoms with van der Waals surface area (Å²) < 4.78 is 2.00. The lowest BCUT2D eigenvalue weighted by Gasteiger charge is -2.39. The molecule has 2 aromatic heterocycles. The largest absolute Gasteiger partial charge is 0.347 e. The van der Waals surface area contributed by atoms with Crippen LogP contribution in [0.4, 0.5) is 10.6 Å². The molecule has 1 atom stereocenters. The second-order valence-electron chi connectivity index (χ2n) is 7.71. The molecule has 4 heterocycles. The van der Waals surface area contributed by atoms with E-state index in [9.17, 15) is 4.79 Å². The summed E-state index contributed by atoms with van der Waals surface area (Å²) in [4.78, 5) is 27.0. The number of hydrogen-bond acceptors (Lipinski definition) is 5. The maximum Gasteiger partial charge on any atom is 0.323 e. The summed E-state index contributed by atoms with van der Waals surface area (Å²) >= 11 is 0. The molecule has 0 radical (unpaired) electrons. The zero-order valence-electron chi connectivity index (χ0n) is 16.7. The number of nitrogens with one attached hydrogen (secondary N) is 2. The predicted octanol–water partition coefficient (Wildman–Crippen LogP) is 1.78. The van der Waals surface area contributed by atoms with Gasteiger partial charge in [-0.15, -0.1) is 0 Å². The monoisotopic (exact) mass is 386 g/mol. The summed E-state index contributed by atoms with van der Waals surface area (Å²) in [6.45, 7) is 7.39. The first-order valence-electron chi connectivity index (χ1n) is 10.2. The molecule has 0 spiro atoms. The van der Waals surface area contributed by atoms with E-state index in [0.717, 1.165) is 44.8 Å². The standard InChI is InChI=1S/C19H30N8O/c1-3-25-12-13-26(14-16(25)18-20-7-8-21-18)19(28)22-17-6-11-27(23-17)15-4-9-24(2)10-5-15/h6-8,11,15-16H,3-5,9-10,12-14H2,1-2H3,(H,20,21)(H,22,23,28). The van der Waals surface area contributed by atoms with Gasteiger partial charge in [-0.25, -0.2) is 9.78 Å². The first-order valence-corrected chi connectivity index (χ1v) is 10.2. The van der Waals surface area contributed by atoms with E-state index in [1.165, 1.54) is 0 Å². The van der Waals surface area contributed by atoms with Gasteiger partial charge in [0, 0.05) is 44.3 Å². The Bertz CT molecular complexity index is 765. The summed E-state index contributed by atoms with van der Waals surface area (Å²) in [6.07, 6.45) is 7.76. The third kappa shape index (κ3) is 4.05. The van der Waals surface area contributed by atoms with Crippen molar-refractivity contribution in [3.63, 3.8) is 0 Å². The molecule has 0 bridgehead atoms. The number of amides is 2. The smallest absolute Gasteiger partial charge is 0.323 e. The molecule has 1 unspecified atom stereocenters. The van der Waals surface area contributed by atoms with Crippen LogP contribution in [0.15, 0.2) is 24.7 Å². The van der Waals surface area contributed by atoms with Crippen molar-refractivity contribution < 1.29 is 4.79 Å². The fourth-order valence-corrected chi connectivity index (χ4v) is 4.16. The van der Waals surface area contributed by atoms with E-state index < -0.39 is 0 Å². The molecular formula is C19H30N8O. The lowest BCUT2D eigenvalue weighted by Crippen LogP contribution is -2.51. The normalized spacial score (nSPS) is 22.5. The number of hydrogen-bond donors (Lipinski definition) is 2. The molecule has 2 N–H and O–H groups in total. The molecule has 0 saturated carbocycles. The van der Waals surface area contributed by atoms with E-state index >= 15 is 0 Å². The molecule has 2 fully saturated rings. The van der Waals surface area contributed by atoms with Crippen LogP contribution in [-0.4, -0.2) is 86.8 Å². The fraction of sp³-hybridized carbons (Fsp3) is 0.632. The van der Waals surface area contributed by atoms with Crippen molar-refractivity contribution in [2.24, 2.45) is 0 Å². The van der Waals surface area contributed by atoms with E-state index in [-0.39, 0.29) is 12.1 Å². The van der Waals surface area contributed by atoms with Crippen LogP contribution < -0.4 is 5.32 Å². The zero-order valence-corrected chi connectivity index (χ0v) is 16.7. The van der Waals surface area contributed by atoms with Gasteiger partial charge >= 0.3 is 6.03 Å². The highest BCUT2D eigenvalue weighted by Gasteiger charge is 2.31. The van der Waals surface area contributed by atoms with Crippen molar-refractivity contribution >= 4 is 11.8 Å². The number of carbonyl (C=O) groups excluding carboxylic acids is 1. The summed E-state index contributed by atoms with van der Waals surface area (Å²) in [5.41, 5.74) is 0. The van der Waals surface area contributed by atoms with Crippen molar-refractivity contribution in [3.8, 4) is 0 Å². The molecule has 2 aromatic rings. The summed E-state index contributed by atoms with van der Waals surface area (Å²) in [5, 5.41) is 7.58. The Kier molecular flexibility index (Phi) is 5.63. The highest BCUT2D eigenvalue weighted by atomic mass is 16.2. The van der Waals surface area contributed by atoms with Crippen LogP contribution in [0.1, 0.15) is 37.7 Å². The van der Waals surface area contributed by atoms with E-state index in [4.69, 9.17) is 0 Å². The van der Waals surface area contributed by atoms with Crippen molar-refractivity contribution in [1.82, 2.24) is 34.4 Å². The van der Waals surface area contributed by atoms with Crippen LogP contribution in [0.3, 0.4) is 0 Å². The molecular weight excluding hydrogens is 356 g/mol. The first-order chi connectivity index (χ1) is 13.6. The van der Waals surface area contributed by atoms with Gasteiger partial charge in [0.15, 0.2) is 5.82 Å². The molecule has 2 saturated heterocycles. The van der Waals surface area contributed by atoms with Gasteiger partial charge in [-0.1, -0.05) is 6.92 Å². The van der Waals surface area contributed by atoms with Crippen LogP contribution in [-0.2, 0) is 0 Å². The second-order valence-corrected chi connectivity index (χ2v) is 7.71. The van der Waals surface area contributed by atoms with Crippen molar-refractivity contribution in [2.75, 3.05) is 51.6 Å². The van der Waals surface area contributed by atoms with Crippen LogP contribution >= 0.6 is 0 Å². The molecule has 4 rings (SSSR count). The van der Waals surface area contributed by atoms with Gasteiger partial charge in [-0.3, -0.25) is 14.9 Å². The average Bonchev–Trinajstić information content (AvgIpc) is 3.40. The van der Waals surface area contributed by atoms with Gasteiger partial charge in [-0.05, 0) is 39.5 Å². The summed E-state index contributed by atoms with van der Waals surface area (Å²) in [6, 6.07) is 2.30. The molecule has 9 nitrogen and oxygen atoms in total. The van der Waals surface area contributed by atoms with Crippen LogP contribution in [0, 0.1) is 0 Å². The molecule has 152 valence electrons. The number of aromatic amines is 1. The van der Waals surface area contributed by atoms with E-state index in [1.807, 2.05) is 28.0 Å². The predicted molar refractivity (Wildman–Crippen MR) is 107 cm³/mol. The minimum atomic E-state index is -0.0964. The summed E-state index contributed by atoms with van der Waals surface area (Å²) in [7, 11) is 2.15. The Morgan fingerprint density at radius 3 is 2.82 bits per heavy atom. The Morgan fingerprint density at radius 2 is 2.11 bits per heavy atom. The molecule has 2 aliphatic heterocycles. The minimum absolute atomic E-state index is 0.0938. The van der Waals surface area contributed by atoms with Crippen molar-refractivity contribution in [1.29, 1.82) is 0 Å². The zero-order chi connectivity index (χ0) is 19.5. The van der Waals surface area contributed by atoms with Gasteiger partial charge in [0.1, 0.15) is 5.82 Å². The number of imidazole rings is 1. The van der Waals surface area contributed by atoms with E-state index in [0.29, 0.717) is 24.9 Å². The molecule has 2 aliphatic rings. The minimum Gasteiger partial charge on any atom is -0.347 e. The lowest BCUT2D eigenvalue weighted by molar-refractivity contribution is 0.0946. The van der Waals surface area contributed by atoms with Gasteiger partial charge in [-0.2, -0.15) is 5.10 Å². The Labute approximate surface area is 165 Å². The van der Waals surface area contributed by atoms with Gasteiger partial charge in [0.25, 0.3) is 0 Å². The number of likely N-dealkylation sites (tertiary alicyclic amines) is 1. The number of rotatable bonds is 4. The first kappa shape index (κ1) is 18.9. The Balaban J connectivity index is 1.37. The summed E-state index contributed by atoms with van der Waals surface area (Å²) in [5.74, 6) is 1.53. The number of piperazine rings is 1. The number of nitrogens with zero attached hydrogens (tertiary/aromatic N) is 6. The van der Waals surface area contributed by atoms with Gasteiger partial charge in [0.2, 0.25) is 0 Å². The number of anilines is 1. The number of urea groups is 1. The molecule has 0 aromatic carbocycles. The molecule has 28 heavy (non-hydrogen) atoms. The van der Waals surface area contributed by atoms with Crippen LogP contribution in [0.25, 0.3) is 0 Å². The number of H-pyrrole nitrogens is 1. The topological polar surface area (TPSA) is 85.3 Å². The number of carbonyl (C=O) groups is 1. The van der Waals surface area contributed by atoms with Crippen LogP contribution in [0.5, 0.6) is 0 Å². The maximum atomic E-state index is 12.8. The number of likely N-dealkylation sites (N-methyl/N-ethyl adjacent to an activating group) is 1. The van der Waals surface area contributed by atoms with E-state index in [2.05, 4.69) is 44.2 Å². The quantitative estimate of drug-likeness (QED) is 0.837. The number of aromatic nitrogens is 4. The van der Waals surface area contributed by atoms with Crippen LogP contribution in [0.2, 0.25) is 0 Å². The van der Waals surface area contributed by atoms with Crippen molar-refractivity contribution in [3.05, 3.63) is 30.5 Å². The Hall–Kier alpha value is -2.39. The Morgan fingerprint density at radius 1 is 1.29 bits per heavy atom. The fourth-order valence-electron chi connectivity index (χ4n) is 4.16. The number of piperidine rings is 1. The van der Waals surface area contributed by atoms with Crippen molar-refractivity contribution in [2.45, 2.75) is 31.8 Å². The lowest BCUT2D eigenvalue weighted by atomic mass is 10.1. The highest BCUT2D eigenvalue weighted by molar-refractivity contribution is 5.88. The second kappa shape index (κ2) is 8.32. The molecule has 0 aliphatic carbocycles. The maximum absolute atomic E-state index is 12.8. The highest BCUT2D eigenvalue weighted by Crippen LogP contribution is 2.24. The van der Waals surface area contributed by atoms with Gasteiger partial charge < -0.3 is 14.8 Å². The average molecular weight is 387 g/mol.